The van der Waals surface area contributed by atoms with Gasteiger partial charge in [0.25, 0.3) is 6.43 Å². The van der Waals surface area contributed by atoms with Crippen LogP contribution in [0.4, 0.5) is 14.5 Å². The lowest BCUT2D eigenvalue weighted by molar-refractivity contribution is 0.138. The minimum atomic E-state index is -2.27. The van der Waals surface area contributed by atoms with Crippen molar-refractivity contribution in [3.63, 3.8) is 0 Å². The molecule has 2 atom stereocenters. The Balaban J connectivity index is 1.96. The molecule has 4 heteroatoms. The van der Waals surface area contributed by atoms with Crippen molar-refractivity contribution in [2.24, 2.45) is 5.92 Å². The molecule has 2 rings (SSSR count). The van der Waals surface area contributed by atoms with Crippen molar-refractivity contribution in [2.75, 3.05) is 24.5 Å². The molecule has 1 aliphatic heterocycles. The Morgan fingerprint density at radius 2 is 2.00 bits per heavy atom. The highest BCUT2D eigenvalue weighted by molar-refractivity contribution is 5.46. The minimum Gasteiger partial charge on any atom is -0.370 e. The normalized spacial score (nSPS) is 24.6. The molecule has 1 heterocycles. The molecular weight excluding hydrogens is 234 g/mol. The standard InChI is InChI=1S/C14H20F2N2/c1-11-7-12(17-8-14(15)16)10-18(9-11)13-5-3-2-4-6-13/h2-6,11-12,14,17H,7-10H2,1H3. The van der Waals surface area contributed by atoms with Crippen LogP contribution in [-0.2, 0) is 0 Å². The van der Waals surface area contributed by atoms with Crippen molar-refractivity contribution in [1.29, 1.82) is 0 Å². The van der Waals surface area contributed by atoms with E-state index in [1.54, 1.807) is 0 Å². The van der Waals surface area contributed by atoms with Gasteiger partial charge < -0.3 is 10.2 Å². The molecule has 1 aromatic rings. The number of nitrogens with one attached hydrogen (secondary N) is 1. The van der Waals surface area contributed by atoms with Crippen molar-refractivity contribution in [3.8, 4) is 0 Å². The summed E-state index contributed by atoms with van der Waals surface area (Å²) in [7, 11) is 0. The summed E-state index contributed by atoms with van der Waals surface area (Å²) < 4.78 is 24.5. The molecule has 1 aromatic carbocycles. The highest BCUT2D eigenvalue weighted by Crippen LogP contribution is 2.22. The van der Waals surface area contributed by atoms with E-state index in [1.807, 2.05) is 18.2 Å². The zero-order valence-corrected chi connectivity index (χ0v) is 10.7. The van der Waals surface area contributed by atoms with E-state index in [1.165, 1.54) is 5.69 Å². The summed E-state index contributed by atoms with van der Waals surface area (Å²) in [5.74, 6) is 0.522. The van der Waals surface area contributed by atoms with Gasteiger partial charge in [-0.25, -0.2) is 8.78 Å². The van der Waals surface area contributed by atoms with Gasteiger partial charge in [-0.15, -0.1) is 0 Å². The van der Waals surface area contributed by atoms with Crippen LogP contribution in [-0.4, -0.2) is 32.1 Å². The lowest BCUT2D eigenvalue weighted by atomic mass is 9.95. The van der Waals surface area contributed by atoms with Crippen LogP contribution in [0.3, 0.4) is 0 Å². The van der Waals surface area contributed by atoms with Gasteiger partial charge >= 0.3 is 0 Å². The quantitative estimate of drug-likeness (QED) is 0.888. The van der Waals surface area contributed by atoms with Gasteiger partial charge in [0.15, 0.2) is 0 Å². The fourth-order valence-corrected chi connectivity index (χ4v) is 2.60. The summed E-state index contributed by atoms with van der Waals surface area (Å²) in [6.45, 7) is 3.77. The van der Waals surface area contributed by atoms with E-state index in [4.69, 9.17) is 0 Å². The molecule has 1 saturated heterocycles. The molecule has 0 amide bonds. The minimum absolute atomic E-state index is 0.156. The van der Waals surface area contributed by atoms with Gasteiger partial charge in [0, 0.05) is 24.8 Å². The lowest BCUT2D eigenvalue weighted by Crippen LogP contribution is -2.49. The average Bonchev–Trinajstić information content (AvgIpc) is 2.37. The molecule has 0 aromatic heterocycles. The van der Waals surface area contributed by atoms with Crippen molar-refractivity contribution < 1.29 is 8.78 Å². The van der Waals surface area contributed by atoms with Crippen molar-refractivity contribution in [3.05, 3.63) is 30.3 Å². The number of hydrogen-bond acceptors (Lipinski definition) is 2. The fraction of sp³-hybridized carbons (Fsp3) is 0.571. The van der Waals surface area contributed by atoms with E-state index in [0.717, 1.165) is 19.5 Å². The average molecular weight is 254 g/mol. The molecule has 2 unspecified atom stereocenters. The summed E-state index contributed by atoms with van der Waals surface area (Å²) in [5, 5.41) is 2.96. The summed E-state index contributed by atoms with van der Waals surface area (Å²) in [6.07, 6.45) is -1.30. The van der Waals surface area contributed by atoms with Crippen LogP contribution in [0.2, 0.25) is 0 Å². The highest BCUT2D eigenvalue weighted by atomic mass is 19.3. The van der Waals surface area contributed by atoms with Crippen LogP contribution >= 0.6 is 0 Å². The third kappa shape index (κ3) is 3.67. The maximum absolute atomic E-state index is 12.2. The van der Waals surface area contributed by atoms with E-state index >= 15 is 0 Å². The monoisotopic (exact) mass is 254 g/mol. The van der Waals surface area contributed by atoms with Gasteiger partial charge in [-0.05, 0) is 24.5 Å². The molecule has 0 aliphatic carbocycles. The number of benzene rings is 1. The number of anilines is 1. The maximum Gasteiger partial charge on any atom is 0.250 e. The first kappa shape index (κ1) is 13.3. The number of para-hydroxylation sites is 1. The first-order valence-corrected chi connectivity index (χ1v) is 6.46. The largest absolute Gasteiger partial charge is 0.370 e. The Hall–Kier alpha value is -1.16. The number of nitrogens with zero attached hydrogens (tertiary/aromatic N) is 1. The van der Waals surface area contributed by atoms with Crippen LogP contribution < -0.4 is 10.2 Å². The molecule has 1 N–H and O–H groups in total. The summed E-state index contributed by atoms with van der Waals surface area (Å²) in [4.78, 5) is 2.28. The highest BCUT2D eigenvalue weighted by Gasteiger charge is 2.25. The smallest absolute Gasteiger partial charge is 0.250 e. The Morgan fingerprint density at radius 3 is 2.67 bits per heavy atom. The molecule has 1 fully saturated rings. The van der Waals surface area contributed by atoms with E-state index < -0.39 is 6.43 Å². The Bertz CT molecular complexity index is 356. The van der Waals surface area contributed by atoms with E-state index in [0.29, 0.717) is 5.92 Å². The van der Waals surface area contributed by atoms with Gasteiger partial charge in [0.2, 0.25) is 0 Å². The van der Waals surface area contributed by atoms with Gasteiger partial charge in [-0.3, -0.25) is 0 Å². The molecule has 0 bridgehead atoms. The SMILES string of the molecule is CC1CC(NCC(F)F)CN(c2ccccc2)C1. The van der Waals surface area contributed by atoms with Crippen LogP contribution in [0.25, 0.3) is 0 Å². The lowest BCUT2D eigenvalue weighted by Gasteiger charge is -2.38. The molecule has 100 valence electrons. The molecule has 1 aliphatic rings. The Kier molecular flexibility index (Phi) is 4.53. The van der Waals surface area contributed by atoms with Gasteiger partial charge in [-0.2, -0.15) is 0 Å². The van der Waals surface area contributed by atoms with E-state index in [9.17, 15) is 8.78 Å². The molecule has 2 nitrogen and oxygen atoms in total. The van der Waals surface area contributed by atoms with E-state index in [-0.39, 0.29) is 12.6 Å². The van der Waals surface area contributed by atoms with Crippen LogP contribution in [0.1, 0.15) is 13.3 Å². The van der Waals surface area contributed by atoms with Crippen molar-refractivity contribution in [2.45, 2.75) is 25.8 Å². The zero-order valence-electron chi connectivity index (χ0n) is 10.7. The van der Waals surface area contributed by atoms with Gasteiger partial charge in [0.1, 0.15) is 0 Å². The zero-order chi connectivity index (χ0) is 13.0. The third-order valence-corrected chi connectivity index (χ3v) is 3.34. The summed E-state index contributed by atoms with van der Waals surface area (Å²) >= 11 is 0. The van der Waals surface area contributed by atoms with Crippen LogP contribution in [0.15, 0.2) is 30.3 Å². The molecule has 0 radical (unpaired) electrons. The Labute approximate surface area is 107 Å². The first-order chi connectivity index (χ1) is 8.65. The van der Waals surface area contributed by atoms with Crippen molar-refractivity contribution in [1.82, 2.24) is 5.32 Å². The van der Waals surface area contributed by atoms with Crippen LogP contribution in [0.5, 0.6) is 0 Å². The number of alkyl halides is 2. The second kappa shape index (κ2) is 6.14. The Morgan fingerprint density at radius 1 is 1.28 bits per heavy atom. The second-order valence-corrected chi connectivity index (χ2v) is 5.08. The molecule has 0 spiro atoms. The predicted molar refractivity (Wildman–Crippen MR) is 70.2 cm³/mol. The predicted octanol–water partition coefficient (Wildman–Crippen LogP) is 2.76. The van der Waals surface area contributed by atoms with Gasteiger partial charge in [0.05, 0.1) is 6.54 Å². The first-order valence-electron chi connectivity index (χ1n) is 6.46. The fourth-order valence-electron chi connectivity index (χ4n) is 2.60. The maximum atomic E-state index is 12.2. The van der Waals surface area contributed by atoms with E-state index in [2.05, 4.69) is 29.3 Å². The summed E-state index contributed by atoms with van der Waals surface area (Å²) in [6, 6.07) is 10.3. The second-order valence-electron chi connectivity index (χ2n) is 5.08. The molecule has 18 heavy (non-hydrogen) atoms. The number of hydrogen-bond donors (Lipinski definition) is 1. The number of rotatable bonds is 4. The molecule has 0 saturated carbocycles. The van der Waals surface area contributed by atoms with Gasteiger partial charge in [-0.1, -0.05) is 25.1 Å². The van der Waals surface area contributed by atoms with Crippen LogP contribution in [0, 0.1) is 5.92 Å². The third-order valence-electron chi connectivity index (χ3n) is 3.34. The summed E-state index contributed by atoms with van der Waals surface area (Å²) in [5.41, 5.74) is 1.17. The van der Waals surface area contributed by atoms with Crippen molar-refractivity contribution >= 4 is 5.69 Å². The topological polar surface area (TPSA) is 15.3 Å². The number of halogens is 2. The number of piperidine rings is 1. The molecular formula is C14H20F2N2.